The van der Waals surface area contributed by atoms with Gasteiger partial charge in [-0.2, -0.15) is 10.2 Å². The molecule has 14 heteroatoms. The molecule has 0 radical (unpaired) electrons. The van der Waals surface area contributed by atoms with E-state index in [0.29, 0.717) is 65.7 Å². The maximum Gasteiger partial charge on any atom is 0.293 e. The summed E-state index contributed by atoms with van der Waals surface area (Å²) in [6.07, 6.45) is 2.68. The number of aromatic amines is 1. The highest BCUT2D eigenvalue weighted by Crippen LogP contribution is 2.29. The fourth-order valence-electron chi connectivity index (χ4n) is 4.58. The van der Waals surface area contributed by atoms with Crippen molar-refractivity contribution in [2.45, 2.75) is 25.9 Å². The lowest BCUT2D eigenvalue weighted by Gasteiger charge is -2.31. The lowest BCUT2D eigenvalue weighted by Crippen LogP contribution is -2.42. The first-order valence-corrected chi connectivity index (χ1v) is 13.5. The van der Waals surface area contributed by atoms with Crippen molar-refractivity contribution < 1.29 is 19.1 Å². The molecule has 43 heavy (non-hydrogen) atoms. The monoisotopic (exact) mass is 582 g/mol. The van der Waals surface area contributed by atoms with Crippen LogP contribution in [0.3, 0.4) is 0 Å². The number of ether oxygens (including phenoxy) is 2. The zero-order valence-corrected chi connectivity index (χ0v) is 24.2. The van der Waals surface area contributed by atoms with Crippen molar-refractivity contribution in [3.8, 4) is 29.0 Å². The number of anilines is 2. The fraction of sp³-hybridized carbons (Fsp3) is 0.310. The normalized spacial score (nSPS) is 13.2. The average molecular weight is 583 g/mol. The first-order valence-electron chi connectivity index (χ1n) is 13.5. The van der Waals surface area contributed by atoms with Gasteiger partial charge in [-0.3, -0.25) is 14.7 Å². The van der Waals surface area contributed by atoms with Crippen LogP contribution in [-0.2, 0) is 0 Å². The van der Waals surface area contributed by atoms with Gasteiger partial charge in [-0.15, -0.1) is 5.10 Å². The topological polar surface area (TPSA) is 175 Å². The van der Waals surface area contributed by atoms with E-state index < -0.39 is 0 Å². The number of aromatic nitrogens is 6. The molecule has 2 N–H and O–H groups in total. The van der Waals surface area contributed by atoms with Crippen molar-refractivity contribution >= 4 is 23.6 Å². The Kier molecular flexibility index (Phi) is 8.42. The number of nitrogens with zero attached hydrogens (tertiary/aromatic N) is 8. The minimum absolute atomic E-state index is 0.144. The van der Waals surface area contributed by atoms with E-state index in [0.717, 1.165) is 0 Å². The number of methoxy groups -OCH3 is 1. The number of carbonyl (C=O) groups excluding carboxylic acids is 2. The maximum absolute atomic E-state index is 12.6. The van der Waals surface area contributed by atoms with Gasteiger partial charge < -0.3 is 24.6 Å². The van der Waals surface area contributed by atoms with Gasteiger partial charge in [0, 0.05) is 51.8 Å². The molecule has 0 bridgehead atoms. The molecule has 1 fully saturated rings. The fourth-order valence-corrected chi connectivity index (χ4v) is 4.58. The standard InChI is InChI=1S/C29H30N10O4/c1-17-32-25(37-36-17)28(41)39-13-10-20(11-14-39)43-23-7-5-18(15-19(23)16-30)22-9-12-31-29(33-22)35-24-8-6-21(26(34-24)42-4)27(40)38(2)3/h5-9,12,15,20H,10-11,13-14H2,1-4H3,(H,32,36,37)(H,31,33,34,35). The van der Waals surface area contributed by atoms with Gasteiger partial charge >= 0.3 is 0 Å². The van der Waals surface area contributed by atoms with Crippen LogP contribution in [0.2, 0.25) is 0 Å². The predicted molar refractivity (Wildman–Crippen MR) is 155 cm³/mol. The molecule has 0 saturated carbocycles. The molecule has 0 spiro atoms. The lowest BCUT2D eigenvalue weighted by molar-refractivity contribution is 0.0584. The first kappa shape index (κ1) is 28.9. The highest BCUT2D eigenvalue weighted by Gasteiger charge is 2.27. The predicted octanol–water partition coefficient (Wildman–Crippen LogP) is 2.97. The molecular formula is C29H30N10O4. The van der Waals surface area contributed by atoms with Crippen LogP contribution in [0.15, 0.2) is 42.6 Å². The third-order valence-electron chi connectivity index (χ3n) is 6.79. The number of nitrogens with one attached hydrogen (secondary N) is 2. The number of hydrogen-bond acceptors (Lipinski definition) is 11. The molecule has 2 amide bonds. The molecule has 1 aliphatic heterocycles. The molecule has 1 aromatic carbocycles. The second-order valence-electron chi connectivity index (χ2n) is 10.0. The smallest absolute Gasteiger partial charge is 0.293 e. The molecule has 4 heterocycles. The van der Waals surface area contributed by atoms with E-state index in [2.05, 4.69) is 41.5 Å². The summed E-state index contributed by atoms with van der Waals surface area (Å²) in [7, 11) is 4.75. The van der Waals surface area contributed by atoms with Gasteiger partial charge in [-0.25, -0.2) is 15.0 Å². The third-order valence-corrected chi connectivity index (χ3v) is 6.79. The summed E-state index contributed by atoms with van der Waals surface area (Å²) in [6.45, 7) is 2.75. The number of amides is 2. The van der Waals surface area contributed by atoms with E-state index in [1.807, 2.05) is 6.07 Å². The summed E-state index contributed by atoms with van der Waals surface area (Å²) in [5.74, 6) is 1.63. The van der Waals surface area contributed by atoms with Crippen LogP contribution in [0.25, 0.3) is 11.3 Å². The lowest BCUT2D eigenvalue weighted by atomic mass is 10.1. The minimum atomic E-state index is -0.228. The van der Waals surface area contributed by atoms with Gasteiger partial charge in [0.2, 0.25) is 17.7 Å². The van der Waals surface area contributed by atoms with Crippen molar-refractivity contribution in [2.24, 2.45) is 0 Å². The van der Waals surface area contributed by atoms with Crippen molar-refractivity contribution in [1.29, 1.82) is 5.26 Å². The summed E-state index contributed by atoms with van der Waals surface area (Å²) in [6, 6.07) is 12.5. The number of nitriles is 1. The number of benzene rings is 1. The Balaban J connectivity index is 1.25. The van der Waals surface area contributed by atoms with E-state index >= 15 is 0 Å². The van der Waals surface area contributed by atoms with Gasteiger partial charge in [0.25, 0.3) is 11.8 Å². The summed E-state index contributed by atoms with van der Waals surface area (Å²) in [4.78, 5) is 45.5. The van der Waals surface area contributed by atoms with Gasteiger partial charge in [0.1, 0.15) is 35.1 Å². The third kappa shape index (κ3) is 6.51. The highest BCUT2D eigenvalue weighted by atomic mass is 16.5. The molecule has 0 unspecified atom stereocenters. The van der Waals surface area contributed by atoms with Crippen molar-refractivity contribution in [1.82, 2.24) is 39.9 Å². The Bertz CT molecular complexity index is 1690. The SMILES string of the molecule is COc1nc(Nc2nccc(-c3ccc(OC4CCN(C(=O)c5n[nH]c(C)n5)CC4)c(C#N)c3)n2)ccc1C(=O)N(C)C. The molecule has 1 saturated heterocycles. The Hall–Kier alpha value is -5.58. The van der Waals surface area contributed by atoms with Crippen LogP contribution in [0.4, 0.5) is 11.8 Å². The number of aryl methyl sites for hydroxylation is 1. The molecular weight excluding hydrogens is 552 g/mol. The number of pyridine rings is 1. The van der Waals surface area contributed by atoms with Crippen LogP contribution in [0, 0.1) is 18.3 Å². The number of carbonyl (C=O) groups is 2. The molecule has 4 aromatic rings. The van der Waals surface area contributed by atoms with Crippen LogP contribution in [-0.4, -0.2) is 92.1 Å². The number of hydrogen-bond donors (Lipinski definition) is 2. The second kappa shape index (κ2) is 12.5. The van der Waals surface area contributed by atoms with Crippen LogP contribution >= 0.6 is 0 Å². The average Bonchev–Trinajstić information content (AvgIpc) is 3.47. The summed E-state index contributed by atoms with van der Waals surface area (Å²) in [5, 5.41) is 19.5. The van der Waals surface area contributed by atoms with Gasteiger partial charge in [-0.05, 0) is 43.3 Å². The number of H-pyrrole nitrogens is 1. The van der Waals surface area contributed by atoms with Gasteiger partial charge in [0.05, 0.1) is 18.4 Å². The largest absolute Gasteiger partial charge is 0.489 e. The van der Waals surface area contributed by atoms with E-state index in [1.165, 1.54) is 12.0 Å². The van der Waals surface area contributed by atoms with E-state index in [-0.39, 0.29) is 35.6 Å². The highest BCUT2D eigenvalue weighted by molar-refractivity contribution is 5.96. The van der Waals surface area contributed by atoms with Crippen molar-refractivity contribution in [2.75, 3.05) is 39.6 Å². The zero-order valence-electron chi connectivity index (χ0n) is 24.2. The first-order chi connectivity index (χ1) is 20.7. The molecule has 220 valence electrons. The van der Waals surface area contributed by atoms with E-state index in [9.17, 15) is 14.9 Å². The van der Waals surface area contributed by atoms with Gasteiger partial charge in [0.15, 0.2) is 0 Å². The maximum atomic E-state index is 12.6. The van der Waals surface area contributed by atoms with Gasteiger partial charge in [-0.1, -0.05) is 0 Å². The number of rotatable bonds is 8. The summed E-state index contributed by atoms with van der Waals surface area (Å²) < 4.78 is 11.5. The Morgan fingerprint density at radius 1 is 1.12 bits per heavy atom. The molecule has 3 aromatic heterocycles. The molecule has 0 atom stereocenters. The molecule has 5 rings (SSSR count). The summed E-state index contributed by atoms with van der Waals surface area (Å²) >= 11 is 0. The Morgan fingerprint density at radius 2 is 1.91 bits per heavy atom. The minimum Gasteiger partial charge on any atom is -0.489 e. The van der Waals surface area contributed by atoms with Crippen LogP contribution in [0.5, 0.6) is 11.6 Å². The molecule has 14 nitrogen and oxygen atoms in total. The van der Waals surface area contributed by atoms with Crippen LogP contribution in [0.1, 0.15) is 45.2 Å². The van der Waals surface area contributed by atoms with Crippen molar-refractivity contribution in [3.05, 3.63) is 65.4 Å². The zero-order chi connectivity index (χ0) is 30.5. The van der Waals surface area contributed by atoms with E-state index in [4.69, 9.17) is 9.47 Å². The number of piperidine rings is 1. The quantitative estimate of drug-likeness (QED) is 0.312. The van der Waals surface area contributed by atoms with E-state index in [1.54, 1.807) is 62.4 Å². The van der Waals surface area contributed by atoms with Crippen LogP contribution < -0.4 is 14.8 Å². The Morgan fingerprint density at radius 3 is 2.58 bits per heavy atom. The molecule has 0 aliphatic carbocycles. The van der Waals surface area contributed by atoms with Crippen molar-refractivity contribution in [3.63, 3.8) is 0 Å². The Labute approximate surface area is 247 Å². The summed E-state index contributed by atoms with van der Waals surface area (Å²) in [5.41, 5.74) is 1.99. The second-order valence-corrected chi connectivity index (χ2v) is 10.0. The number of likely N-dealkylation sites (tertiary alicyclic amines) is 1. The molecule has 1 aliphatic rings.